The lowest BCUT2D eigenvalue weighted by Gasteiger charge is -2.02. The fourth-order valence-corrected chi connectivity index (χ4v) is 2.76. The quantitative estimate of drug-likeness (QED) is 0.689. The monoisotopic (exact) mass is 284 g/mol. The first kappa shape index (κ1) is 13.1. The Bertz CT molecular complexity index is 633. The maximum Gasteiger partial charge on any atom is 0.295 e. The van der Waals surface area contributed by atoms with Gasteiger partial charge in [0.05, 0.1) is 0 Å². The van der Waals surface area contributed by atoms with Gasteiger partial charge in [0.2, 0.25) is 0 Å². The molecular weight excluding hydrogens is 268 g/mol. The zero-order chi connectivity index (χ0) is 13.6. The second-order valence-corrected chi connectivity index (χ2v) is 5.56. The van der Waals surface area contributed by atoms with Crippen molar-refractivity contribution in [1.29, 1.82) is 0 Å². The molecular formula is C16H16N2OS. The third kappa shape index (κ3) is 3.33. The molecule has 0 radical (unpaired) electrons. The maximum atomic E-state index is 5.60. The molecule has 102 valence electrons. The number of anilines is 1. The van der Waals surface area contributed by atoms with Gasteiger partial charge in [-0.25, -0.2) is 0 Å². The Morgan fingerprint density at radius 1 is 1.00 bits per heavy atom. The van der Waals surface area contributed by atoms with Crippen LogP contribution in [-0.2, 0) is 5.75 Å². The molecule has 0 spiro atoms. The molecule has 20 heavy (non-hydrogen) atoms. The molecule has 0 fully saturated rings. The molecule has 0 aliphatic heterocycles. The van der Waals surface area contributed by atoms with Crippen LogP contribution < -0.4 is 5.32 Å². The van der Waals surface area contributed by atoms with Crippen LogP contribution in [0.3, 0.4) is 0 Å². The first-order chi connectivity index (χ1) is 9.92. The van der Waals surface area contributed by atoms with Crippen LogP contribution in [0.25, 0.3) is 11.1 Å². The van der Waals surface area contributed by atoms with Crippen molar-refractivity contribution < 1.29 is 4.42 Å². The largest absolute Gasteiger partial charge is 0.424 e. The summed E-state index contributed by atoms with van der Waals surface area (Å²) < 4.78 is 5.60. The highest BCUT2D eigenvalue weighted by atomic mass is 32.2. The molecule has 3 nitrogen and oxygen atoms in total. The number of nitrogens with zero attached hydrogens (tertiary/aromatic N) is 1. The van der Waals surface area contributed by atoms with Gasteiger partial charge in [-0.3, -0.25) is 0 Å². The second-order valence-electron chi connectivity index (χ2n) is 4.45. The standard InChI is InChI=1S/C16H16N2OS/c1-2-6-13(7-3-1)12-20-11-10-17-16-18-14-8-4-5-9-15(14)19-16/h1-9H,10-12H2,(H,17,18). The van der Waals surface area contributed by atoms with E-state index in [-0.39, 0.29) is 0 Å². The summed E-state index contributed by atoms with van der Waals surface area (Å²) in [5.74, 6) is 2.06. The molecule has 0 saturated carbocycles. The number of para-hydroxylation sites is 2. The van der Waals surface area contributed by atoms with Crippen molar-refractivity contribution in [2.75, 3.05) is 17.6 Å². The molecule has 0 unspecified atom stereocenters. The van der Waals surface area contributed by atoms with Crippen LogP contribution in [0.5, 0.6) is 0 Å². The molecule has 3 aromatic rings. The molecule has 0 aliphatic carbocycles. The van der Waals surface area contributed by atoms with E-state index in [1.165, 1.54) is 5.56 Å². The number of rotatable bonds is 6. The van der Waals surface area contributed by atoms with Crippen molar-refractivity contribution in [3.63, 3.8) is 0 Å². The van der Waals surface area contributed by atoms with Crippen LogP contribution in [0.2, 0.25) is 0 Å². The van der Waals surface area contributed by atoms with E-state index in [2.05, 4.69) is 34.6 Å². The SMILES string of the molecule is c1ccc(CSCCNc2nc3ccccc3o2)cc1. The van der Waals surface area contributed by atoms with E-state index in [4.69, 9.17) is 4.42 Å². The van der Waals surface area contributed by atoms with Crippen molar-refractivity contribution >= 4 is 28.9 Å². The number of thioether (sulfide) groups is 1. The normalized spacial score (nSPS) is 10.8. The van der Waals surface area contributed by atoms with Crippen LogP contribution in [0.1, 0.15) is 5.56 Å². The highest BCUT2D eigenvalue weighted by molar-refractivity contribution is 7.98. The van der Waals surface area contributed by atoms with Crippen LogP contribution in [0.4, 0.5) is 6.01 Å². The van der Waals surface area contributed by atoms with Gasteiger partial charge < -0.3 is 9.73 Å². The van der Waals surface area contributed by atoms with Gasteiger partial charge in [0, 0.05) is 18.1 Å². The summed E-state index contributed by atoms with van der Waals surface area (Å²) in [6, 6.07) is 18.9. The summed E-state index contributed by atoms with van der Waals surface area (Å²) >= 11 is 1.90. The fraction of sp³-hybridized carbons (Fsp3) is 0.188. The van der Waals surface area contributed by atoms with Crippen molar-refractivity contribution in [1.82, 2.24) is 4.98 Å². The Hall–Kier alpha value is -1.94. The lowest BCUT2D eigenvalue weighted by Crippen LogP contribution is -2.04. The van der Waals surface area contributed by atoms with Gasteiger partial charge >= 0.3 is 0 Å². The van der Waals surface area contributed by atoms with E-state index in [1.807, 2.05) is 42.1 Å². The molecule has 0 atom stereocenters. The second kappa shape index (κ2) is 6.48. The molecule has 0 aliphatic rings. The van der Waals surface area contributed by atoms with Gasteiger partial charge in [0.25, 0.3) is 6.01 Å². The molecule has 0 bridgehead atoms. The summed E-state index contributed by atoms with van der Waals surface area (Å²) in [6.07, 6.45) is 0. The average molecular weight is 284 g/mol. The number of nitrogens with one attached hydrogen (secondary N) is 1. The first-order valence-electron chi connectivity index (χ1n) is 6.63. The van der Waals surface area contributed by atoms with Crippen LogP contribution in [-0.4, -0.2) is 17.3 Å². The lowest BCUT2D eigenvalue weighted by atomic mass is 10.2. The summed E-state index contributed by atoms with van der Waals surface area (Å²) in [7, 11) is 0. The minimum absolute atomic E-state index is 0.603. The fourth-order valence-electron chi connectivity index (χ4n) is 1.94. The van der Waals surface area contributed by atoms with E-state index in [1.54, 1.807) is 0 Å². The van der Waals surface area contributed by atoms with Gasteiger partial charge in [-0.15, -0.1) is 0 Å². The van der Waals surface area contributed by atoms with Crippen molar-refractivity contribution in [2.24, 2.45) is 0 Å². The highest BCUT2D eigenvalue weighted by Crippen LogP contribution is 2.18. The molecule has 0 saturated heterocycles. The van der Waals surface area contributed by atoms with Gasteiger partial charge in [-0.2, -0.15) is 16.7 Å². The Morgan fingerprint density at radius 2 is 1.80 bits per heavy atom. The first-order valence-corrected chi connectivity index (χ1v) is 7.78. The number of fused-ring (bicyclic) bond motifs is 1. The minimum atomic E-state index is 0.603. The van der Waals surface area contributed by atoms with Crippen molar-refractivity contribution in [3.05, 3.63) is 60.2 Å². The topological polar surface area (TPSA) is 38.1 Å². The van der Waals surface area contributed by atoms with Gasteiger partial charge in [0.1, 0.15) is 5.52 Å². The highest BCUT2D eigenvalue weighted by Gasteiger charge is 2.03. The summed E-state index contributed by atoms with van der Waals surface area (Å²) in [4.78, 5) is 4.38. The van der Waals surface area contributed by atoms with E-state index in [0.29, 0.717) is 6.01 Å². The Balaban J connectivity index is 1.43. The number of oxazole rings is 1. The minimum Gasteiger partial charge on any atom is -0.424 e. The average Bonchev–Trinajstić information content (AvgIpc) is 2.90. The predicted octanol–water partition coefficient (Wildman–Crippen LogP) is 4.17. The van der Waals surface area contributed by atoms with Crippen molar-refractivity contribution in [3.8, 4) is 0 Å². The molecule has 3 rings (SSSR count). The van der Waals surface area contributed by atoms with E-state index < -0.39 is 0 Å². The zero-order valence-corrected chi connectivity index (χ0v) is 11.9. The van der Waals surface area contributed by atoms with Crippen LogP contribution in [0, 0.1) is 0 Å². The summed E-state index contributed by atoms with van der Waals surface area (Å²) in [5, 5.41) is 3.22. The number of hydrogen-bond acceptors (Lipinski definition) is 4. The Kier molecular flexibility index (Phi) is 4.23. The molecule has 0 amide bonds. The third-order valence-corrected chi connectivity index (χ3v) is 3.96. The van der Waals surface area contributed by atoms with Crippen LogP contribution in [0.15, 0.2) is 59.0 Å². The number of benzene rings is 2. The molecule has 2 aromatic carbocycles. The zero-order valence-electron chi connectivity index (χ0n) is 11.1. The molecule has 1 aromatic heterocycles. The molecule has 1 N–H and O–H groups in total. The third-order valence-electron chi connectivity index (χ3n) is 2.93. The Labute approximate surface area is 122 Å². The number of aromatic nitrogens is 1. The molecule has 1 heterocycles. The van der Waals surface area contributed by atoms with Crippen molar-refractivity contribution in [2.45, 2.75) is 5.75 Å². The predicted molar refractivity (Wildman–Crippen MR) is 85.1 cm³/mol. The maximum absolute atomic E-state index is 5.60. The molecule has 4 heteroatoms. The van der Waals surface area contributed by atoms with E-state index in [9.17, 15) is 0 Å². The lowest BCUT2D eigenvalue weighted by molar-refractivity contribution is 0.617. The van der Waals surface area contributed by atoms with E-state index >= 15 is 0 Å². The smallest absolute Gasteiger partial charge is 0.295 e. The summed E-state index contributed by atoms with van der Waals surface area (Å²) in [5.41, 5.74) is 3.08. The van der Waals surface area contributed by atoms with Gasteiger partial charge in [-0.05, 0) is 17.7 Å². The Morgan fingerprint density at radius 3 is 2.65 bits per heavy atom. The summed E-state index contributed by atoms with van der Waals surface area (Å²) in [6.45, 7) is 0.852. The van der Waals surface area contributed by atoms with Gasteiger partial charge in [-0.1, -0.05) is 42.5 Å². The van der Waals surface area contributed by atoms with E-state index in [0.717, 1.165) is 29.2 Å². The van der Waals surface area contributed by atoms with Gasteiger partial charge in [0.15, 0.2) is 5.58 Å². The van der Waals surface area contributed by atoms with Crippen LogP contribution >= 0.6 is 11.8 Å². The number of hydrogen-bond donors (Lipinski definition) is 1.